The summed E-state index contributed by atoms with van der Waals surface area (Å²) in [6.07, 6.45) is -3.14. The highest BCUT2D eigenvalue weighted by molar-refractivity contribution is 8.55. The molecule has 1 fully saturated rings. The zero-order chi connectivity index (χ0) is 32.7. The van der Waals surface area contributed by atoms with Crippen molar-refractivity contribution in [3.8, 4) is 11.8 Å². The standard InChI is InChI=1S/C24H37N8O10PS/c1-11(2)41-20(35)12(3)29-43(38,44-9-13-19(34)31(6)23(36)30(13)5)40-8-14-16(33)24(4,37)21(42-14)32-10-26-15-17(32)27-22(25)28-18(15)39-7/h10-12,14,16,21,33-34,37H,8-9H2,1-7H3,(H,29,38)(H2,25,27,28)/t12-,14?,16-,21-,24-,43-/m1/s1. The van der Waals surface area contributed by atoms with Crippen molar-refractivity contribution in [2.75, 3.05) is 19.5 Å². The molecule has 0 aromatic carbocycles. The molecule has 0 radical (unpaired) electrons. The van der Waals surface area contributed by atoms with Crippen molar-refractivity contribution in [1.29, 1.82) is 0 Å². The third-order valence-electron chi connectivity index (χ3n) is 7.00. The fraction of sp³-hybridized carbons (Fsp3) is 0.625. The monoisotopic (exact) mass is 660 g/mol. The number of nitrogens with two attached hydrogens (primary N) is 1. The average molecular weight is 661 g/mol. The van der Waals surface area contributed by atoms with Crippen LogP contribution in [-0.4, -0.2) is 93.6 Å². The van der Waals surface area contributed by atoms with Gasteiger partial charge in [0.2, 0.25) is 17.7 Å². The molecule has 44 heavy (non-hydrogen) atoms. The van der Waals surface area contributed by atoms with Gasteiger partial charge in [-0.3, -0.25) is 23.1 Å². The van der Waals surface area contributed by atoms with Crippen LogP contribution in [0.5, 0.6) is 11.8 Å². The van der Waals surface area contributed by atoms with Crippen LogP contribution in [0.2, 0.25) is 0 Å². The molecule has 0 aliphatic carbocycles. The van der Waals surface area contributed by atoms with Crippen LogP contribution in [0, 0.1) is 0 Å². The first-order valence-corrected chi connectivity index (χ1v) is 16.6. The predicted molar refractivity (Wildman–Crippen MR) is 158 cm³/mol. The molecule has 4 rings (SSSR count). The summed E-state index contributed by atoms with van der Waals surface area (Å²) in [5, 5.41) is 35.4. The molecular formula is C24H37N8O10PS. The minimum Gasteiger partial charge on any atom is -0.493 e. The van der Waals surface area contributed by atoms with Crippen molar-refractivity contribution in [3.63, 3.8) is 0 Å². The first-order chi connectivity index (χ1) is 20.5. The Morgan fingerprint density at radius 1 is 1.30 bits per heavy atom. The average Bonchev–Trinajstić information content (AvgIpc) is 3.52. The van der Waals surface area contributed by atoms with Crippen molar-refractivity contribution in [2.45, 2.75) is 69.6 Å². The minimum absolute atomic E-state index is 0.0976. The number of esters is 1. The summed E-state index contributed by atoms with van der Waals surface area (Å²) < 4.78 is 39.9. The second-order valence-electron chi connectivity index (χ2n) is 10.7. The van der Waals surface area contributed by atoms with Crippen molar-refractivity contribution in [1.82, 2.24) is 33.7 Å². The Bertz CT molecular complexity index is 1640. The van der Waals surface area contributed by atoms with Crippen LogP contribution in [0.3, 0.4) is 0 Å². The van der Waals surface area contributed by atoms with Gasteiger partial charge in [-0.15, -0.1) is 0 Å². The van der Waals surface area contributed by atoms with Crippen LogP contribution in [0.15, 0.2) is 11.1 Å². The van der Waals surface area contributed by atoms with E-state index in [1.807, 2.05) is 0 Å². The number of ether oxygens (including phenoxy) is 3. The molecule has 1 aliphatic heterocycles. The molecule has 3 aromatic rings. The van der Waals surface area contributed by atoms with Crippen LogP contribution < -0.4 is 21.2 Å². The highest BCUT2D eigenvalue weighted by atomic mass is 32.7. The molecule has 20 heteroatoms. The van der Waals surface area contributed by atoms with E-state index < -0.39 is 61.2 Å². The Kier molecular flexibility index (Phi) is 9.70. The first-order valence-electron chi connectivity index (χ1n) is 13.4. The quantitative estimate of drug-likeness (QED) is 0.128. The van der Waals surface area contributed by atoms with Crippen LogP contribution in [0.1, 0.15) is 39.6 Å². The second kappa shape index (κ2) is 12.7. The van der Waals surface area contributed by atoms with Crippen LogP contribution in [0.25, 0.3) is 11.2 Å². The summed E-state index contributed by atoms with van der Waals surface area (Å²) in [6, 6.07) is -1.09. The van der Waals surface area contributed by atoms with Crippen LogP contribution >= 0.6 is 18.1 Å². The zero-order valence-electron chi connectivity index (χ0n) is 25.2. The summed E-state index contributed by atoms with van der Waals surface area (Å²) >= 11 is 0.704. The van der Waals surface area contributed by atoms with E-state index in [2.05, 4.69) is 20.0 Å². The number of nitrogens with zero attached hydrogens (tertiary/aromatic N) is 6. The molecule has 18 nitrogen and oxygen atoms in total. The fourth-order valence-electron chi connectivity index (χ4n) is 4.59. The van der Waals surface area contributed by atoms with E-state index in [-0.39, 0.29) is 40.3 Å². The lowest BCUT2D eigenvalue weighted by molar-refractivity contribution is -0.149. The normalized spacial score (nSPS) is 24.1. The Hall–Kier alpha value is -3.19. The van der Waals surface area contributed by atoms with E-state index in [4.69, 9.17) is 24.5 Å². The maximum Gasteiger partial charge on any atom is 0.330 e. The number of methoxy groups -OCH3 is 1. The number of nitrogens with one attached hydrogen (secondary N) is 1. The molecule has 6 N–H and O–H groups in total. The zero-order valence-corrected chi connectivity index (χ0v) is 26.9. The van der Waals surface area contributed by atoms with Gasteiger partial charge >= 0.3 is 18.4 Å². The predicted octanol–water partition coefficient (Wildman–Crippen LogP) is 0.157. The number of hydrogen-bond acceptors (Lipinski definition) is 15. The maximum atomic E-state index is 14.1. The summed E-state index contributed by atoms with van der Waals surface area (Å²) in [5.41, 5.74) is 3.96. The number of anilines is 1. The number of nitrogen functional groups attached to an aromatic ring is 1. The van der Waals surface area contributed by atoms with Crippen molar-refractivity contribution >= 4 is 41.2 Å². The van der Waals surface area contributed by atoms with E-state index in [1.54, 1.807) is 13.8 Å². The number of aliphatic hydroxyl groups is 2. The Morgan fingerprint density at radius 2 is 1.98 bits per heavy atom. The molecule has 0 amide bonds. The number of aromatic nitrogens is 6. The fourth-order valence-corrected chi connectivity index (χ4v) is 8.33. The molecule has 0 spiro atoms. The molecule has 244 valence electrons. The van der Waals surface area contributed by atoms with Gasteiger partial charge in [0.25, 0.3) is 0 Å². The first kappa shape index (κ1) is 33.7. The van der Waals surface area contributed by atoms with Gasteiger partial charge in [0, 0.05) is 19.8 Å². The molecule has 1 saturated heterocycles. The molecule has 6 atom stereocenters. The number of rotatable bonds is 12. The lowest BCUT2D eigenvalue weighted by atomic mass is 9.96. The number of carbonyl (C=O) groups is 1. The minimum atomic E-state index is -4.06. The summed E-state index contributed by atoms with van der Waals surface area (Å²) in [4.78, 5) is 37.1. The highest BCUT2D eigenvalue weighted by Gasteiger charge is 2.54. The van der Waals surface area contributed by atoms with Gasteiger partial charge in [-0.25, -0.2) is 14.9 Å². The van der Waals surface area contributed by atoms with E-state index in [9.17, 15) is 29.5 Å². The van der Waals surface area contributed by atoms with Crippen molar-refractivity contribution in [2.24, 2.45) is 14.1 Å². The van der Waals surface area contributed by atoms with Gasteiger partial charge in [0.05, 0.1) is 31.8 Å². The smallest absolute Gasteiger partial charge is 0.330 e. The Morgan fingerprint density at radius 3 is 2.57 bits per heavy atom. The highest BCUT2D eigenvalue weighted by Crippen LogP contribution is 2.58. The SMILES string of the molecule is COc1nc(N)nc2c1ncn2[C@@H]1OC(CO[P@](=O)(N[C@H](C)C(=O)OC(C)C)SCc2c(O)n(C)c(=O)n2C)[C@@H](O)[C@@]1(C)O. The third kappa shape index (κ3) is 6.44. The maximum absolute atomic E-state index is 14.1. The third-order valence-corrected chi connectivity index (χ3v) is 11.0. The van der Waals surface area contributed by atoms with Gasteiger partial charge in [-0.1, -0.05) is 0 Å². The lowest BCUT2D eigenvalue weighted by Gasteiger charge is -2.27. The van der Waals surface area contributed by atoms with Crippen molar-refractivity contribution < 1.29 is 43.4 Å². The van der Waals surface area contributed by atoms with E-state index >= 15 is 0 Å². The number of carbonyl (C=O) groups excluding carboxylic acids is 1. The molecular weight excluding hydrogens is 623 g/mol. The largest absolute Gasteiger partial charge is 0.493 e. The molecule has 0 bridgehead atoms. The Labute approximate surface area is 255 Å². The number of aliphatic hydroxyl groups excluding tert-OH is 1. The van der Waals surface area contributed by atoms with Crippen LogP contribution in [-0.2, 0) is 43.2 Å². The molecule has 1 aliphatic rings. The molecule has 3 aromatic heterocycles. The molecule has 4 heterocycles. The van der Waals surface area contributed by atoms with Gasteiger partial charge in [0.15, 0.2) is 17.4 Å². The van der Waals surface area contributed by atoms with Gasteiger partial charge in [-0.05, 0) is 39.1 Å². The van der Waals surface area contributed by atoms with E-state index in [0.29, 0.717) is 11.4 Å². The summed E-state index contributed by atoms with van der Waals surface area (Å²) in [6.45, 7) is 1.53. The molecule has 1 unspecified atom stereocenters. The number of imidazole rings is 2. The Balaban J connectivity index is 1.58. The van der Waals surface area contributed by atoms with E-state index in [1.165, 1.54) is 50.5 Å². The number of fused-ring (bicyclic) bond motifs is 1. The van der Waals surface area contributed by atoms with Crippen molar-refractivity contribution in [3.05, 3.63) is 22.5 Å². The molecule has 0 saturated carbocycles. The summed E-state index contributed by atoms with van der Waals surface area (Å²) in [7, 11) is 4.20. The van der Waals surface area contributed by atoms with Gasteiger partial charge < -0.3 is 39.8 Å². The number of hydrogen-bond donors (Lipinski definition) is 5. The van der Waals surface area contributed by atoms with Crippen LogP contribution in [0.4, 0.5) is 5.95 Å². The number of aromatic hydroxyl groups is 1. The van der Waals surface area contributed by atoms with E-state index in [0.717, 1.165) is 4.57 Å². The lowest BCUT2D eigenvalue weighted by Crippen LogP contribution is -2.44. The van der Waals surface area contributed by atoms with Gasteiger partial charge in [-0.2, -0.15) is 9.97 Å². The van der Waals surface area contributed by atoms with Gasteiger partial charge in [0.1, 0.15) is 23.9 Å². The second-order valence-corrected chi connectivity index (χ2v) is 15.0. The topological polar surface area (TPSA) is 240 Å². The summed E-state index contributed by atoms with van der Waals surface area (Å²) in [5.74, 6) is -1.20.